The maximum atomic E-state index is 12.5. The Balaban J connectivity index is 2.02. The first-order valence-electron chi connectivity index (χ1n) is 5.85. The topological polar surface area (TPSA) is 17.1 Å². The van der Waals surface area contributed by atoms with Gasteiger partial charge < -0.3 is 0 Å². The summed E-state index contributed by atoms with van der Waals surface area (Å²) in [5.74, 6) is 1.16. The van der Waals surface area contributed by atoms with Crippen LogP contribution in [0.1, 0.15) is 21.7 Å². The number of benzene rings is 1. The molecule has 0 radical (unpaired) electrons. The quantitative estimate of drug-likeness (QED) is 0.710. The third-order valence-corrected chi connectivity index (χ3v) is 4.81. The predicted octanol–water partition coefficient (Wildman–Crippen LogP) is 4.51. The molecule has 0 amide bonds. The molecule has 3 heteroatoms. The van der Waals surface area contributed by atoms with E-state index in [-0.39, 0.29) is 5.78 Å². The molecule has 0 atom stereocenters. The molecule has 0 unspecified atom stereocenters. The number of carbonyl (C=O) groups is 1. The zero-order valence-corrected chi connectivity index (χ0v) is 11.4. The van der Waals surface area contributed by atoms with Crippen LogP contribution in [-0.2, 0) is 0 Å². The largest absolute Gasteiger partial charge is 0.289 e. The molecule has 0 saturated carbocycles. The van der Waals surface area contributed by atoms with Crippen molar-refractivity contribution in [3.63, 3.8) is 0 Å². The highest BCUT2D eigenvalue weighted by Gasteiger charge is 2.19. The van der Waals surface area contributed by atoms with Crippen molar-refractivity contribution < 1.29 is 4.79 Å². The first-order valence-corrected chi connectivity index (χ1v) is 7.72. The van der Waals surface area contributed by atoms with Crippen LogP contribution < -0.4 is 0 Å². The van der Waals surface area contributed by atoms with Crippen molar-refractivity contribution in [1.29, 1.82) is 0 Å². The minimum atomic E-state index is 0.184. The summed E-state index contributed by atoms with van der Waals surface area (Å²) >= 11 is 3.44. The van der Waals surface area contributed by atoms with Gasteiger partial charge in [0.1, 0.15) is 0 Å². The minimum Gasteiger partial charge on any atom is -0.289 e. The molecule has 1 aliphatic heterocycles. The summed E-state index contributed by atoms with van der Waals surface area (Å²) in [7, 11) is 0. The molecule has 1 aromatic carbocycles. The first kappa shape index (κ1) is 11.8. The molecule has 0 saturated heterocycles. The predicted molar refractivity (Wildman–Crippen MR) is 78.4 cm³/mol. The van der Waals surface area contributed by atoms with E-state index in [1.807, 2.05) is 41.8 Å². The van der Waals surface area contributed by atoms with Crippen LogP contribution in [0.25, 0.3) is 6.08 Å². The molecule has 2 aromatic rings. The summed E-state index contributed by atoms with van der Waals surface area (Å²) in [4.78, 5) is 14.7. The Morgan fingerprint density at radius 2 is 2.00 bits per heavy atom. The summed E-state index contributed by atoms with van der Waals surface area (Å²) in [6.45, 7) is 0. The van der Waals surface area contributed by atoms with Crippen LogP contribution in [0.5, 0.6) is 0 Å². The van der Waals surface area contributed by atoms with E-state index in [2.05, 4.69) is 6.07 Å². The van der Waals surface area contributed by atoms with Crippen molar-refractivity contribution in [3.8, 4) is 0 Å². The van der Waals surface area contributed by atoms with Gasteiger partial charge in [-0.25, -0.2) is 0 Å². The van der Waals surface area contributed by atoms with E-state index in [4.69, 9.17) is 0 Å². The van der Waals surface area contributed by atoms with Crippen LogP contribution in [0.15, 0.2) is 52.2 Å². The monoisotopic (exact) mass is 272 g/mol. The van der Waals surface area contributed by atoms with E-state index in [0.717, 1.165) is 33.1 Å². The van der Waals surface area contributed by atoms with E-state index in [0.29, 0.717) is 0 Å². The number of hydrogen-bond donors (Lipinski definition) is 0. The van der Waals surface area contributed by atoms with Crippen molar-refractivity contribution in [2.75, 3.05) is 5.75 Å². The Morgan fingerprint density at radius 1 is 1.11 bits per heavy atom. The molecule has 3 rings (SSSR count). The number of Topliss-reactive ketones (excluding diaryl/α,β-unsaturated/α-hetero) is 1. The van der Waals surface area contributed by atoms with Crippen LogP contribution in [0.3, 0.4) is 0 Å². The van der Waals surface area contributed by atoms with Crippen LogP contribution in [0.2, 0.25) is 0 Å². The first-order chi connectivity index (χ1) is 8.84. The van der Waals surface area contributed by atoms with Gasteiger partial charge in [0.15, 0.2) is 5.78 Å². The Labute approximate surface area is 115 Å². The molecule has 90 valence electrons. The maximum absolute atomic E-state index is 12.5. The number of carbonyl (C=O) groups excluding carboxylic acids is 1. The molecule has 0 spiro atoms. The number of ketones is 1. The fourth-order valence-corrected chi connectivity index (χ4v) is 3.73. The van der Waals surface area contributed by atoms with Gasteiger partial charge in [0.2, 0.25) is 0 Å². The molecule has 0 aliphatic carbocycles. The summed E-state index contributed by atoms with van der Waals surface area (Å²) < 4.78 is 0. The minimum absolute atomic E-state index is 0.184. The Morgan fingerprint density at radius 3 is 2.83 bits per heavy atom. The van der Waals surface area contributed by atoms with Gasteiger partial charge in [0.25, 0.3) is 0 Å². The summed E-state index contributed by atoms with van der Waals surface area (Å²) in [6.07, 6.45) is 2.88. The van der Waals surface area contributed by atoms with Gasteiger partial charge in [-0.05, 0) is 36.1 Å². The zero-order chi connectivity index (χ0) is 12.4. The van der Waals surface area contributed by atoms with E-state index >= 15 is 0 Å². The molecule has 2 heterocycles. The van der Waals surface area contributed by atoms with Crippen molar-refractivity contribution in [3.05, 3.63) is 57.8 Å². The number of hydrogen-bond acceptors (Lipinski definition) is 3. The average molecular weight is 272 g/mol. The number of thiophene rings is 1. The van der Waals surface area contributed by atoms with Gasteiger partial charge in [-0.15, -0.1) is 23.1 Å². The van der Waals surface area contributed by atoms with E-state index in [9.17, 15) is 4.79 Å². The van der Waals surface area contributed by atoms with Crippen molar-refractivity contribution in [2.45, 2.75) is 11.3 Å². The van der Waals surface area contributed by atoms with Gasteiger partial charge in [-0.1, -0.05) is 18.2 Å². The second-order valence-corrected chi connectivity index (χ2v) is 6.22. The molecule has 0 bridgehead atoms. The van der Waals surface area contributed by atoms with Crippen molar-refractivity contribution in [1.82, 2.24) is 0 Å². The summed E-state index contributed by atoms with van der Waals surface area (Å²) in [5.41, 5.74) is 1.78. The van der Waals surface area contributed by atoms with E-state index in [1.165, 1.54) is 0 Å². The molecular weight excluding hydrogens is 260 g/mol. The number of fused-ring (bicyclic) bond motifs is 1. The van der Waals surface area contributed by atoms with Gasteiger partial charge >= 0.3 is 0 Å². The van der Waals surface area contributed by atoms with Crippen LogP contribution in [-0.4, -0.2) is 11.5 Å². The summed E-state index contributed by atoms with van der Waals surface area (Å²) in [6, 6.07) is 12.0. The standard InChI is InChI=1S/C15H12OS2/c16-15-11(10-12-4-3-8-17-12)7-9-18-14-6-2-1-5-13(14)15/h1-6,8,10H,7,9H2. The third kappa shape index (κ3) is 2.28. The lowest BCUT2D eigenvalue weighted by atomic mass is 10.0. The van der Waals surface area contributed by atoms with Crippen molar-refractivity contribution >= 4 is 35.0 Å². The molecule has 1 nitrogen and oxygen atoms in total. The highest BCUT2D eigenvalue weighted by Crippen LogP contribution is 2.32. The molecule has 1 aliphatic rings. The molecule has 0 fully saturated rings. The Hall–Kier alpha value is -1.32. The fourth-order valence-electron chi connectivity index (χ4n) is 2.02. The van der Waals surface area contributed by atoms with Gasteiger partial charge in [0, 0.05) is 26.7 Å². The summed E-state index contributed by atoms with van der Waals surface area (Å²) in [5, 5.41) is 2.04. The number of thioether (sulfide) groups is 1. The van der Waals surface area contributed by atoms with Crippen LogP contribution in [0, 0.1) is 0 Å². The molecular formula is C15H12OS2. The highest BCUT2D eigenvalue weighted by atomic mass is 32.2. The third-order valence-electron chi connectivity index (χ3n) is 2.91. The maximum Gasteiger partial charge on any atom is 0.190 e. The van der Waals surface area contributed by atoms with Gasteiger partial charge in [-0.2, -0.15) is 0 Å². The normalized spacial score (nSPS) is 17.6. The lowest BCUT2D eigenvalue weighted by Gasteiger charge is -2.03. The lowest BCUT2D eigenvalue weighted by Crippen LogP contribution is -2.02. The van der Waals surface area contributed by atoms with Crippen LogP contribution in [0.4, 0.5) is 0 Å². The Kier molecular flexibility index (Phi) is 3.35. The second-order valence-electron chi connectivity index (χ2n) is 4.11. The Bertz CT molecular complexity index is 597. The van der Waals surface area contributed by atoms with Crippen LogP contribution >= 0.6 is 23.1 Å². The molecule has 18 heavy (non-hydrogen) atoms. The smallest absolute Gasteiger partial charge is 0.190 e. The lowest BCUT2D eigenvalue weighted by molar-refractivity contribution is 0.103. The highest BCUT2D eigenvalue weighted by molar-refractivity contribution is 7.99. The van der Waals surface area contributed by atoms with E-state index < -0.39 is 0 Å². The molecule has 1 aromatic heterocycles. The number of rotatable bonds is 1. The fraction of sp³-hybridized carbons (Fsp3) is 0.133. The van der Waals surface area contributed by atoms with Gasteiger partial charge in [-0.3, -0.25) is 4.79 Å². The second kappa shape index (κ2) is 5.12. The zero-order valence-electron chi connectivity index (χ0n) is 9.76. The van der Waals surface area contributed by atoms with Crippen molar-refractivity contribution in [2.24, 2.45) is 0 Å². The average Bonchev–Trinajstić information content (AvgIpc) is 2.85. The number of allylic oxidation sites excluding steroid dienone is 1. The van der Waals surface area contributed by atoms with Gasteiger partial charge in [0.05, 0.1) is 0 Å². The SMILES string of the molecule is O=C1C(=Cc2cccs2)CCSc2ccccc21. The molecule has 0 N–H and O–H groups in total. The van der Waals surface area contributed by atoms with E-state index in [1.54, 1.807) is 23.1 Å².